The molecular weight excluding hydrogens is 481 g/mol. The van der Waals surface area contributed by atoms with Crippen LogP contribution in [0.4, 0.5) is 13.2 Å². The van der Waals surface area contributed by atoms with Crippen molar-refractivity contribution in [2.75, 3.05) is 13.1 Å². The number of halogens is 3. The minimum Gasteiger partial charge on any atom is -0.330 e. The zero-order chi connectivity index (χ0) is 28.2. The molecule has 0 heterocycles. The van der Waals surface area contributed by atoms with E-state index in [4.69, 9.17) is 11.5 Å². The van der Waals surface area contributed by atoms with Crippen molar-refractivity contribution in [2.24, 2.45) is 16.9 Å². The number of rotatable bonds is 30. The fourth-order valence-corrected chi connectivity index (χ4v) is 5.62. The van der Waals surface area contributed by atoms with Crippen molar-refractivity contribution < 1.29 is 13.2 Å². The van der Waals surface area contributed by atoms with Gasteiger partial charge in [-0.05, 0) is 38.8 Å². The summed E-state index contributed by atoms with van der Waals surface area (Å²) >= 11 is 0. The lowest BCUT2D eigenvalue weighted by atomic mass is 9.79. The van der Waals surface area contributed by atoms with Crippen LogP contribution in [0.5, 0.6) is 0 Å². The lowest BCUT2D eigenvalue weighted by Crippen LogP contribution is -2.35. The molecule has 230 valence electrons. The summed E-state index contributed by atoms with van der Waals surface area (Å²) in [4.78, 5) is 0. The van der Waals surface area contributed by atoms with Gasteiger partial charge in [-0.2, -0.15) is 13.2 Å². The van der Waals surface area contributed by atoms with E-state index in [1.807, 2.05) is 0 Å². The Labute approximate surface area is 236 Å². The summed E-state index contributed by atoms with van der Waals surface area (Å²) in [6.07, 6.45) is 27.4. The van der Waals surface area contributed by atoms with E-state index >= 15 is 0 Å². The Morgan fingerprint density at radius 1 is 0.342 bits per heavy atom. The van der Waals surface area contributed by atoms with Gasteiger partial charge < -0.3 is 11.5 Å². The quantitative estimate of drug-likeness (QED) is 0.0877. The van der Waals surface area contributed by atoms with Crippen LogP contribution in [0.3, 0.4) is 0 Å². The third-order valence-corrected chi connectivity index (χ3v) is 8.55. The molecule has 0 aliphatic heterocycles. The van der Waals surface area contributed by atoms with Crippen molar-refractivity contribution in [3.8, 4) is 0 Å². The first-order valence-corrected chi connectivity index (χ1v) is 16.8. The molecule has 0 amide bonds. The Balaban J connectivity index is 3.68. The highest BCUT2D eigenvalue weighted by atomic mass is 19.4. The third kappa shape index (κ3) is 23.6. The summed E-state index contributed by atoms with van der Waals surface area (Å²) in [5.41, 5.74) is 9.54. The van der Waals surface area contributed by atoms with E-state index in [0.29, 0.717) is 25.7 Å². The average molecular weight is 549 g/mol. The van der Waals surface area contributed by atoms with E-state index in [-0.39, 0.29) is 0 Å². The fraction of sp³-hybridized carbons (Fsp3) is 1.00. The molecular formula is C33H67F3N2. The molecule has 2 nitrogen and oxygen atoms in total. The Hall–Kier alpha value is -0.290. The van der Waals surface area contributed by atoms with Crippen LogP contribution in [0.15, 0.2) is 0 Å². The Morgan fingerprint density at radius 2 is 0.526 bits per heavy atom. The molecule has 0 atom stereocenters. The SMILES string of the molecule is CC(CCCCCCCCCCCCCCCN)(CCCCCCCCCCCCCCCN)C(F)(F)F. The third-order valence-electron chi connectivity index (χ3n) is 8.55. The molecule has 0 saturated carbocycles. The van der Waals surface area contributed by atoms with Crippen molar-refractivity contribution in [3.63, 3.8) is 0 Å². The minimum absolute atomic E-state index is 0.298. The van der Waals surface area contributed by atoms with Gasteiger partial charge in [-0.15, -0.1) is 0 Å². The van der Waals surface area contributed by atoms with Crippen LogP contribution in [0.1, 0.15) is 187 Å². The first-order chi connectivity index (χ1) is 18.4. The van der Waals surface area contributed by atoms with Crippen LogP contribution in [-0.2, 0) is 0 Å². The molecule has 0 aliphatic carbocycles. The first kappa shape index (κ1) is 37.7. The van der Waals surface area contributed by atoms with Crippen molar-refractivity contribution in [1.82, 2.24) is 0 Å². The smallest absolute Gasteiger partial charge is 0.330 e. The zero-order valence-corrected chi connectivity index (χ0v) is 25.5. The Bertz CT molecular complexity index is 436. The van der Waals surface area contributed by atoms with E-state index in [2.05, 4.69) is 0 Å². The maximum atomic E-state index is 13.8. The van der Waals surface area contributed by atoms with Crippen molar-refractivity contribution >= 4 is 0 Å². The van der Waals surface area contributed by atoms with Gasteiger partial charge in [0.05, 0.1) is 5.41 Å². The summed E-state index contributed by atoms with van der Waals surface area (Å²) in [7, 11) is 0. The average Bonchev–Trinajstić information content (AvgIpc) is 2.88. The fourth-order valence-electron chi connectivity index (χ4n) is 5.62. The second-order valence-corrected chi connectivity index (χ2v) is 12.3. The van der Waals surface area contributed by atoms with Crippen molar-refractivity contribution in [3.05, 3.63) is 0 Å². The normalized spacial score (nSPS) is 12.5. The summed E-state index contributed by atoms with van der Waals surface area (Å²) < 4.78 is 41.5. The highest BCUT2D eigenvalue weighted by molar-refractivity contribution is 4.82. The Morgan fingerprint density at radius 3 is 0.711 bits per heavy atom. The van der Waals surface area contributed by atoms with Gasteiger partial charge in [-0.1, -0.05) is 161 Å². The van der Waals surface area contributed by atoms with Gasteiger partial charge in [0.15, 0.2) is 0 Å². The van der Waals surface area contributed by atoms with Crippen LogP contribution < -0.4 is 11.5 Å². The second-order valence-electron chi connectivity index (χ2n) is 12.3. The molecule has 4 N–H and O–H groups in total. The van der Waals surface area contributed by atoms with E-state index in [1.54, 1.807) is 0 Å². The lowest BCUT2D eigenvalue weighted by molar-refractivity contribution is -0.223. The number of hydrogen-bond acceptors (Lipinski definition) is 2. The highest BCUT2D eigenvalue weighted by Gasteiger charge is 2.49. The molecule has 0 aromatic heterocycles. The summed E-state index contributed by atoms with van der Waals surface area (Å²) in [6, 6.07) is 0. The van der Waals surface area contributed by atoms with Gasteiger partial charge in [0, 0.05) is 0 Å². The molecule has 0 rings (SSSR count). The summed E-state index contributed by atoms with van der Waals surface area (Å²) in [5, 5.41) is 0. The minimum atomic E-state index is -4.08. The number of unbranched alkanes of at least 4 members (excludes halogenated alkanes) is 24. The predicted molar refractivity (Wildman–Crippen MR) is 162 cm³/mol. The molecule has 38 heavy (non-hydrogen) atoms. The van der Waals surface area contributed by atoms with E-state index < -0.39 is 11.6 Å². The van der Waals surface area contributed by atoms with Crippen LogP contribution in [0.2, 0.25) is 0 Å². The predicted octanol–water partition coefficient (Wildman–Crippen LogP) is 11.4. The molecule has 0 unspecified atom stereocenters. The molecule has 0 saturated heterocycles. The molecule has 0 radical (unpaired) electrons. The topological polar surface area (TPSA) is 52.0 Å². The van der Waals surface area contributed by atoms with E-state index in [1.165, 1.54) is 122 Å². The van der Waals surface area contributed by atoms with Crippen LogP contribution in [0.25, 0.3) is 0 Å². The van der Waals surface area contributed by atoms with Gasteiger partial charge in [0.25, 0.3) is 0 Å². The molecule has 0 aromatic rings. The van der Waals surface area contributed by atoms with Gasteiger partial charge in [-0.3, -0.25) is 0 Å². The Kier molecular flexibility index (Phi) is 26.7. The standard InChI is InChI=1S/C33H67F3N2/c1-32(33(34,35)36,28-24-20-16-12-8-4-2-6-10-14-18-22-26-30-37)29-25-21-17-13-9-5-3-7-11-15-19-23-27-31-38/h2-31,37-38H2,1H3. The second kappa shape index (κ2) is 26.9. The molecule has 0 fully saturated rings. The van der Waals surface area contributed by atoms with Gasteiger partial charge >= 0.3 is 6.18 Å². The summed E-state index contributed by atoms with van der Waals surface area (Å²) in [6.45, 7) is 3.10. The van der Waals surface area contributed by atoms with Gasteiger partial charge in [-0.25, -0.2) is 0 Å². The lowest BCUT2D eigenvalue weighted by Gasteiger charge is -2.32. The molecule has 0 aromatic carbocycles. The zero-order valence-electron chi connectivity index (χ0n) is 25.5. The molecule has 0 aliphatic rings. The van der Waals surface area contributed by atoms with Crippen LogP contribution in [0, 0.1) is 5.41 Å². The maximum absolute atomic E-state index is 13.8. The monoisotopic (exact) mass is 549 g/mol. The van der Waals surface area contributed by atoms with Crippen LogP contribution >= 0.6 is 0 Å². The van der Waals surface area contributed by atoms with E-state index in [9.17, 15) is 13.2 Å². The molecule has 5 heteroatoms. The molecule has 0 spiro atoms. The number of hydrogen-bond donors (Lipinski definition) is 2. The van der Waals surface area contributed by atoms with Crippen molar-refractivity contribution in [2.45, 2.75) is 193 Å². The molecule has 0 bridgehead atoms. The van der Waals surface area contributed by atoms with Crippen molar-refractivity contribution in [1.29, 1.82) is 0 Å². The van der Waals surface area contributed by atoms with E-state index in [0.717, 1.165) is 51.6 Å². The number of alkyl halides is 3. The largest absolute Gasteiger partial charge is 0.394 e. The van der Waals surface area contributed by atoms with Gasteiger partial charge in [0.1, 0.15) is 0 Å². The maximum Gasteiger partial charge on any atom is 0.394 e. The number of nitrogens with two attached hydrogens (primary N) is 2. The summed E-state index contributed by atoms with van der Waals surface area (Å²) in [5.74, 6) is 0. The van der Waals surface area contributed by atoms with Crippen LogP contribution in [-0.4, -0.2) is 19.3 Å². The highest BCUT2D eigenvalue weighted by Crippen LogP contribution is 2.46. The first-order valence-electron chi connectivity index (χ1n) is 16.8. The van der Waals surface area contributed by atoms with Gasteiger partial charge in [0.2, 0.25) is 0 Å².